The largest absolute Gasteiger partial charge is 0.487 e. The van der Waals surface area contributed by atoms with Crippen LogP contribution in [0.5, 0.6) is 5.75 Å². The minimum atomic E-state index is -0.546. The Morgan fingerprint density at radius 2 is 1.95 bits per heavy atom. The molecule has 100 valence electrons. The van der Waals surface area contributed by atoms with E-state index >= 15 is 0 Å². The van der Waals surface area contributed by atoms with Crippen molar-refractivity contribution in [3.63, 3.8) is 0 Å². The maximum absolute atomic E-state index is 13.2. The van der Waals surface area contributed by atoms with Crippen LogP contribution in [0, 0.1) is 5.82 Å². The van der Waals surface area contributed by atoms with Gasteiger partial charge in [-0.05, 0) is 24.3 Å². The van der Waals surface area contributed by atoms with E-state index in [2.05, 4.69) is 10.4 Å². The maximum Gasteiger partial charge on any atom is 0.145 e. The van der Waals surface area contributed by atoms with Crippen LogP contribution in [-0.4, -0.2) is 4.98 Å². The first-order chi connectivity index (χ1) is 9.10. The van der Waals surface area contributed by atoms with Crippen molar-refractivity contribution in [3.8, 4) is 5.75 Å². The molecule has 1 aromatic heterocycles. The van der Waals surface area contributed by atoms with Gasteiger partial charge in [0.2, 0.25) is 0 Å². The number of pyridine rings is 1. The second-order valence-corrected chi connectivity index (χ2v) is 4.45. The first-order valence-electron chi connectivity index (χ1n) is 5.30. The van der Waals surface area contributed by atoms with E-state index in [1.807, 2.05) is 0 Å². The normalized spacial score (nSPS) is 10.3. The quantitative estimate of drug-likeness (QED) is 0.671. The van der Waals surface area contributed by atoms with Crippen LogP contribution in [0.3, 0.4) is 0 Å². The molecule has 0 atom stereocenters. The molecule has 1 aromatic carbocycles. The number of nitrogen functional groups attached to an aromatic ring is 1. The molecule has 0 spiro atoms. The average Bonchev–Trinajstić information content (AvgIpc) is 2.41. The van der Waals surface area contributed by atoms with Crippen LogP contribution in [0.1, 0.15) is 5.69 Å². The van der Waals surface area contributed by atoms with Gasteiger partial charge in [-0.3, -0.25) is 0 Å². The molecule has 4 nitrogen and oxygen atoms in total. The van der Waals surface area contributed by atoms with Gasteiger partial charge < -0.3 is 10.2 Å². The van der Waals surface area contributed by atoms with Crippen LogP contribution in [0.25, 0.3) is 0 Å². The summed E-state index contributed by atoms with van der Waals surface area (Å²) in [6.45, 7) is 0.0927. The van der Waals surface area contributed by atoms with Gasteiger partial charge in [-0.1, -0.05) is 23.2 Å². The van der Waals surface area contributed by atoms with Gasteiger partial charge in [0.05, 0.1) is 15.7 Å². The van der Waals surface area contributed by atoms with Crippen LogP contribution in [0.15, 0.2) is 30.3 Å². The van der Waals surface area contributed by atoms with Crippen LogP contribution in [-0.2, 0) is 6.61 Å². The lowest BCUT2D eigenvalue weighted by molar-refractivity contribution is 0.300. The van der Waals surface area contributed by atoms with Crippen LogP contribution in [0.4, 0.5) is 10.2 Å². The fourth-order valence-electron chi connectivity index (χ4n) is 1.38. The lowest BCUT2D eigenvalue weighted by atomic mass is 10.3. The number of hydrogen-bond acceptors (Lipinski definition) is 4. The van der Waals surface area contributed by atoms with Crippen molar-refractivity contribution in [1.29, 1.82) is 0 Å². The molecule has 0 radical (unpaired) electrons. The second kappa shape index (κ2) is 6.06. The van der Waals surface area contributed by atoms with Gasteiger partial charge in [-0.2, -0.15) is 0 Å². The first-order valence-corrected chi connectivity index (χ1v) is 6.05. The highest BCUT2D eigenvalue weighted by Gasteiger charge is 2.06. The highest BCUT2D eigenvalue weighted by Crippen LogP contribution is 2.22. The lowest BCUT2D eigenvalue weighted by Crippen LogP contribution is -2.10. The standard InChI is InChI=1S/C12H10Cl2FN3O/c13-8-2-1-7(5-10(8)15)19-6-11-9(14)3-4-12(17-11)18-16/h1-5H,6,16H2,(H,17,18). The molecule has 7 heteroatoms. The fraction of sp³-hybridized carbons (Fsp3) is 0.0833. The molecule has 0 aliphatic heterocycles. The third-order valence-corrected chi connectivity index (χ3v) is 2.98. The van der Waals surface area contributed by atoms with E-state index in [0.29, 0.717) is 22.3 Å². The van der Waals surface area contributed by atoms with E-state index in [4.69, 9.17) is 33.8 Å². The Balaban J connectivity index is 2.11. The molecular formula is C12H10Cl2FN3O. The summed E-state index contributed by atoms with van der Waals surface area (Å²) in [7, 11) is 0. The van der Waals surface area contributed by atoms with Crippen molar-refractivity contribution in [2.75, 3.05) is 5.43 Å². The molecule has 0 aliphatic rings. The Labute approximate surface area is 119 Å². The molecule has 0 amide bonds. The van der Waals surface area contributed by atoms with Crippen LogP contribution < -0.4 is 16.0 Å². The number of anilines is 1. The predicted octanol–water partition coefficient (Wildman–Crippen LogP) is 3.39. The summed E-state index contributed by atoms with van der Waals surface area (Å²) in [5.74, 6) is 5.51. The van der Waals surface area contributed by atoms with Crippen molar-refractivity contribution in [1.82, 2.24) is 4.98 Å². The van der Waals surface area contributed by atoms with Crippen molar-refractivity contribution in [2.24, 2.45) is 5.84 Å². The van der Waals surface area contributed by atoms with Crippen molar-refractivity contribution in [2.45, 2.75) is 6.61 Å². The van der Waals surface area contributed by atoms with Crippen LogP contribution in [0.2, 0.25) is 10.0 Å². The number of nitrogens with two attached hydrogens (primary N) is 1. The molecule has 0 saturated heterocycles. The van der Waals surface area contributed by atoms with Crippen molar-refractivity contribution >= 4 is 29.0 Å². The molecule has 0 aliphatic carbocycles. The molecule has 3 N–H and O–H groups in total. The fourth-order valence-corrected chi connectivity index (χ4v) is 1.66. The summed E-state index contributed by atoms with van der Waals surface area (Å²) in [4.78, 5) is 4.13. The predicted molar refractivity (Wildman–Crippen MR) is 72.8 cm³/mol. The number of nitrogens with zero attached hydrogens (tertiary/aromatic N) is 1. The molecule has 0 bridgehead atoms. The van der Waals surface area contributed by atoms with Gasteiger partial charge >= 0.3 is 0 Å². The number of nitrogens with one attached hydrogen (secondary N) is 1. The van der Waals surface area contributed by atoms with Crippen molar-refractivity contribution in [3.05, 3.63) is 51.9 Å². The average molecular weight is 302 g/mol. The topological polar surface area (TPSA) is 60.2 Å². The molecular weight excluding hydrogens is 292 g/mol. The number of hydrazine groups is 1. The summed E-state index contributed by atoms with van der Waals surface area (Å²) >= 11 is 11.5. The second-order valence-electron chi connectivity index (χ2n) is 3.63. The number of rotatable bonds is 4. The molecule has 2 aromatic rings. The maximum atomic E-state index is 13.2. The Bertz CT molecular complexity index is 595. The highest BCUT2D eigenvalue weighted by molar-refractivity contribution is 6.31. The smallest absolute Gasteiger partial charge is 0.145 e. The minimum absolute atomic E-state index is 0.0397. The lowest BCUT2D eigenvalue weighted by Gasteiger charge is -2.09. The Morgan fingerprint density at radius 1 is 1.21 bits per heavy atom. The third-order valence-electron chi connectivity index (χ3n) is 2.33. The SMILES string of the molecule is NNc1ccc(Cl)c(COc2ccc(Cl)c(F)c2)n1. The van der Waals surface area contributed by atoms with E-state index in [1.54, 1.807) is 18.2 Å². The van der Waals surface area contributed by atoms with Gasteiger partial charge in [0.15, 0.2) is 0 Å². The van der Waals surface area contributed by atoms with Gasteiger partial charge in [-0.15, -0.1) is 0 Å². The number of halogens is 3. The van der Waals surface area contributed by atoms with Gasteiger partial charge in [0.1, 0.15) is 24.0 Å². The summed E-state index contributed by atoms with van der Waals surface area (Å²) in [6.07, 6.45) is 0. The minimum Gasteiger partial charge on any atom is -0.487 e. The highest BCUT2D eigenvalue weighted by atomic mass is 35.5. The number of benzene rings is 1. The van der Waals surface area contributed by atoms with Gasteiger partial charge in [-0.25, -0.2) is 15.2 Å². The third kappa shape index (κ3) is 3.47. The van der Waals surface area contributed by atoms with Gasteiger partial charge in [0, 0.05) is 6.07 Å². The summed E-state index contributed by atoms with van der Waals surface area (Å²) in [6, 6.07) is 7.45. The molecule has 1 heterocycles. The van der Waals surface area contributed by atoms with Crippen molar-refractivity contribution < 1.29 is 9.13 Å². The number of hydrogen-bond donors (Lipinski definition) is 2. The van der Waals surface area contributed by atoms with E-state index in [0.717, 1.165) is 0 Å². The number of aromatic nitrogens is 1. The zero-order chi connectivity index (χ0) is 13.8. The Kier molecular flexibility index (Phi) is 4.42. The van der Waals surface area contributed by atoms with Crippen LogP contribution >= 0.6 is 23.2 Å². The zero-order valence-electron chi connectivity index (χ0n) is 9.66. The molecule has 0 fully saturated rings. The Morgan fingerprint density at radius 3 is 2.63 bits per heavy atom. The summed E-state index contributed by atoms with van der Waals surface area (Å²) < 4.78 is 18.6. The number of ether oxygens (including phenoxy) is 1. The molecule has 19 heavy (non-hydrogen) atoms. The zero-order valence-corrected chi connectivity index (χ0v) is 11.2. The molecule has 0 saturated carbocycles. The summed E-state index contributed by atoms with van der Waals surface area (Å²) in [5.41, 5.74) is 2.90. The van der Waals surface area contributed by atoms with E-state index in [1.165, 1.54) is 12.1 Å². The van der Waals surface area contributed by atoms with Gasteiger partial charge in [0.25, 0.3) is 0 Å². The van der Waals surface area contributed by atoms with E-state index < -0.39 is 5.82 Å². The van der Waals surface area contributed by atoms with E-state index in [9.17, 15) is 4.39 Å². The first kappa shape index (κ1) is 13.9. The monoisotopic (exact) mass is 301 g/mol. The van der Waals surface area contributed by atoms with E-state index in [-0.39, 0.29) is 11.6 Å². The molecule has 0 unspecified atom stereocenters. The Hall–Kier alpha value is -1.56. The molecule has 2 rings (SSSR count). The summed E-state index contributed by atoms with van der Waals surface area (Å²) in [5, 5.41) is 0.478.